The van der Waals surface area contributed by atoms with Gasteiger partial charge in [-0.2, -0.15) is 13.2 Å². The highest BCUT2D eigenvalue weighted by atomic mass is 32.2. The van der Waals surface area contributed by atoms with E-state index in [2.05, 4.69) is 16.2 Å². The van der Waals surface area contributed by atoms with Gasteiger partial charge >= 0.3 is 6.18 Å². The molecule has 0 aliphatic carbocycles. The highest BCUT2D eigenvalue weighted by molar-refractivity contribution is 7.96. The molecule has 0 unspecified atom stereocenters. The van der Waals surface area contributed by atoms with E-state index in [1.54, 1.807) is 0 Å². The minimum absolute atomic E-state index is 0.0258. The Bertz CT molecular complexity index is 1210. The van der Waals surface area contributed by atoms with Gasteiger partial charge in [0.25, 0.3) is 0 Å². The average Bonchev–Trinajstić information content (AvgIpc) is 2.79. The van der Waals surface area contributed by atoms with Crippen LogP contribution in [0.4, 0.5) is 24.7 Å². The molecule has 2 heterocycles. The number of benzene rings is 1. The van der Waals surface area contributed by atoms with Gasteiger partial charge in [0.1, 0.15) is 5.82 Å². The molecule has 1 atom stereocenters. The summed E-state index contributed by atoms with van der Waals surface area (Å²) in [7, 11) is -3.79. The van der Waals surface area contributed by atoms with Crippen molar-refractivity contribution in [2.45, 2.75) is 23.1 Å². The van der Waals surface area contributed by atoms with Gasteiger partial charge in [0.05, 0.1) is 17.9 Å². The van der Waals surface area contributed by atoms with Crippen LogP contribution in [0, 0.1) is 23.5 Å². The minimum atomic E-state index is -4.90. The van der Waals surface area contributed by atoms with Crippen molar-refractivity contribution in [1.29, 1.82) is 0 Å². The van der Waals surface area contributed by atoms with Crippen molar-refractivity contribution >= 4 is 21.3 Å². The number of sulfone groups is 1. The predicted octanol–water partition coefficient (Wildman–Crippen LogP) is 1.99. The van der Waals surface area contributed by atoms with Crippen LogP contribution in [0.25, 0.3) is 0 Å². The molecule has 0 spiro atoms. The molecular weight excluding hydrogens is 469 g/mol. The number of nitrogens with two attached hydrogens (primary N) is 1. The number of hydrogen-bond acceptors (Lipinski definition) is 7. The number of pyridine rings is 1. The van der Waals surface area contributed by atoms with Crippen molar-refractivity contribution in [3.63, 3.8) is 0 Å². The van der Waals surface area contributed by atoms with Crippen LogP contribution in [-0.2, 0) is 15.4 Å². The summed E-state index contributed by atoms with van der Waals surface area (Å²) >= 11 is 0. The number of hydrogen-bond donors (Lipinski definition) is 2. The van der Waals surface area contributed by atoms with Gasteiger partial charge in [-0.1, -0.05) is 18.1 Å². The fourth-order valence-electron chi connectivity index (χ4n) is 3.47. The molecular formula is C23H23F3N4O3S. The van der Waals surface area contributed by atoms with Crippen molar-refractivity contribution in [2.24, 2.45) is 0 Å². The van der Waals surface area contributed by atoms with Crippen molar-refractivity contribution in [3.8, 4) is 23.5 Å². The van der Waals surface area contributed by atoms with Gasteiger partial charge in [0.2, 0.25) is 9.84 Å². The van der Waals surface area contributed by atoms with E-state index >= 15 is 0 Å². The number of alkyl halides is 3. The highest BCUT2D eigenvalue weighted by Crippen LogP contribution is 2.41. The number of nitrogen functional groups attached to an aromatic ring is 1. The van der Waals surface area contributed by atoms with Crippen LogP contribution in [0.15, 0.2) is 47.5 Å². The van der Waals surface area contributed by atoms with Gasteiger partial charge < -0.3 is 15.7 Å². The first-order valence-electron chi connectivity index (χ1n) is 10.2. The number of halogens is 3. The molecule has 1 aromatic heterocycles. The molecule has 3 N–H and O–H groups in total. The molecule has 0 amide bonds. The third-order valence-corrected chi connectivity index (χ3v) is 6.76. The van der Waals surface area contributed by atoms with E-state index < -0.39 is 28.0 Å². The molecule has 34 heavy (non-hydrogen) atoms. The van der Waals surface area contributed by atoms with E-state index in [0.717, 1.165) is 6.20 Å². The molecule has 0 saturated carbocycles. The SMILES string of the molecule is C#CC[C@@](O)(c1ccc(N2CCN(CC#CS(=O)(=O)c3ccc(N)nc3)CC2)cc1)C(F)(F)F. The second kappa shape index (κ2) is 9.94. The summed E-state index contributed by atoms with van der Waals surface area (Å²) in [6, 6.07) is 8.23. The Balaban J connectivity index is 1.59. The lowest BCUT2D eigenvalue weighted by Gasteiger charge is -2.35. The first-order valence-corrected chi connectivity index (χ1v) is 11.7. The maximum absolute atomic E-state index is 13.3. The Morgan fingerprint density at radius 2 is 1.74 bits per heavy atom. The van der Waals surface area contributed by atoms with Gasteiger partial charge in [-0.15, -0.1) is 12.3 Å². The largest absolute Gasteiger partial charge is 0.422 e. The van der Waals surface area contributed by atoms with Crippen molar-refractivity contribution in [3.05, 3.63) is 48.2 Å². The van der Waals surface area contributed by atoms with Crippen LogP contribution in [-0.4, -0.2) is 62.3 Å². The Morgan fingerprint density at radius 1 is 1.09 bits per heavy atom. The van der Waals surface area contributed by atoms with E-state index in [-0.39, 0.29) is 22.8 Å². The molecule has 3 rings (SSSR count). The molecule has 2 aromatic rings. The molecule has 1 aliphatic rings. The summed E-state index contributed by atoms with van der Waals surface area (Å²) in [5.41, 5.74) is 2.76. The van der Waals surface area contributed by atoms with Crippen LogP contribution < -0.4 is 10.6 Å². The third kappa shape index (κ3) is 5.62. The van der Waals surface area contributed by atoms with Crippen molar-refractivity contribution in [1.82, 2.24) is 9.88 Å². The first kappa shape index (κ1) is 25.4. The fraction of sp³-hybridized carbons (Fsp3) is 0.348. The fourth-order valence-corrected chi connectivity index (χ4v) is 4.29. The zero-order valence-corrected chi connectivity index (χ0v) is 18.9. The van der Waals surface area contributed by atoms with Gasteiger partial charge in [-0.3, -0.25) is 4.90 Å². The van der Waals surface area contributed by atoms with Crippen molar-refractivity contribution in [2.75, 3.05) is 43.4 Å². The number of rotatable bonds is 5. The van der Waals surface area contributed by atoms with Crippen LogP contribution in [0.1, 0.15) is 12.0 Å². The molecule has 180 valence electrons. The maximum Gasteiger partial charge on any atom is 0.422 e. The lowest BCUT2D eigenvalue weighted by atomic mass is 9.90. The number of terminal acetylenes is 1. The van der Waals surface area contributed by atoms with E-state index in [9.17, 15) is 26.7 Å². The number of aromatic nitrogens is 1. The van der Waals surface area contributed by atoms with E-state index in [1.807, 2.05) is 15.7 Å². The predicted molar refractivity (Wildman–Crippen MR) is 122 cm³/mol. The first-order chi connectivity index (χ1) is 16.0. The minimum Gasteiger partial charge on any atom is -0.384 e. The summed E-state index contributed by atoms with van der Waals surface area (Å²) in [6.45, 7) is 2.57. The Kier molecular flexibility index (Phi) is 7.41. The van der Waals surface area contributed by atoms with Crippen LogP contribution in [0.2, 0.25) is 0 Å². The average molecular weight is 493 g/mol. The quantitative estimate of drug-likeness (QED) is 0.487. The van der Waals surface area contributed by atoms with Gasteiger partial charge in [-0.25, -0.2) is 13.4 Å². The summed E-state index contributed by atoms with van der Waals surface area (Å²) < 4.78 is 64.5. The highest BCUT2D eigenvalue weighted by Gasteiger charge is 2.54. The molecule has 7 nitrogen and oxygen atoms in total. The van der Waals surface area contributed by atoms with Crippen LogP contribution in [0.3, 0.4) is 0 Å². The van der Waals surface area contributed by atoms with Crippen LogP contribution in [0.5, 0.6) is 0 Å². The lowest BCUT2D eigenvalue weighted by Crippen LogP contribution is -2.46. The molecule has 1 aliphatic heterocycles. The summed E-state index contributed by atoms with van der Waals surface area (Å²) in [6.07, 6.45) is 0.415. The second-order valence-electron chi connectivity index (χ2n) is 7.75. The zero-order chi connectivity index (χ0) is 25.0. The summed E-state index contributed by atoms with van der Waals surface area (Å²) in [5, 5.41) is 12.4. The molecule has 1 saturated heterocycles. The zero-order valence-electron chi connectivity index (χ0n) is 18.1. The molecule has 0 bridgehead atoms. The van der Waals surface area contributed by atoms with E-state index in [1.165, 1.54) is 36.4 Å². The van der Waals surface area contributed by atoms with Crippen molar-refractivity contribution < 1.29 is 26.7 Å². The Labute approximate surface area is 196 Å². The second-order valence-corrected chi connectivity index (χ2v) is 9.43. The molecule has 11 heteroatoms. The number of piperazine rings is 1. The molecule has 1 aromatic carbocycles. The van der Waals surface area contributed by atoms with Gasteiger partial charge in [0, 0.05) is 43.3 Å². The van der Waals surface area contributed by atoms with E-state index in [4.69, 9.17) is 12.2 Å². The van der Waals surface area contributed by atoms with Crippen LogP contribution >= 0.6 is 0 Å². The monoisotopic (exact) mass is 492 g/mol. The Hall–Kier alpha value is -3.25. The summed E-state index contributed by atoms with van der Waals surface area (Å²) in [4.78, 5) is 7.69. The molecule has 0 radical (unpaired) electrons. The molecule has 1 fully saturated rings. The number of anilines is 2. The lowest BCUT2D eigenvalue weighted by molar-refractivity contribution is -0.264. The topological polar surface area (TPSA) is 99.8 Å². The van der Waals surface area contributed by atoms with Gasteiger partial charge in [0.15, 0.2) is 5.60 Å². The number of nitrogens with zero attached hydrogens (tertiary/aromatic N) is 3. The smallest absolute Gasteiger partial charge is 0.384 e. The summed E-state index contributed by atoms with van der Waals surface area (Å²) in [5.74, 6) is 4.78. The number of aliphatic hydroxyl groups is 1. The third-order valence-electron chi connectivity index (χ3n) is 5.49. The van der Waals surface area contributed by atoms with Gasteiger partial charge in [-0.05, 0) is 29.8 Å². The normalized spacial score (nSPS) is 16.7. The maximum atomic E-state index is 13.3. The Morgan fingerprint density at radius 3 is 2.26 bits per heavy atom. The van der Waals surface area contributed by atoms with E-state index in [0.29, 0.717) is 31.9 Å². The standard InChI is InChI=1S/C23H23F3N4O3S/c1-2-10-22(31,23(24,25)26)18-4-6-19(7-5-18)30-14-12-29(13-15-30)11-3-16-34(32,33)20-8-9-21(27)28-17-20/h1,4-9,17,31H,10-15H2,(H2,27,28)/t22-/m1/s1.